The van der Waals surface area contributed by atoms with Crippen molar-refractivity contribution in [3.8, 4) is 5.75 Å². The molecule has 0 spiro atoms. The molecule has 1 unspecified atom stereocenters. The van der Waals surface area contributed by atoms with E-state index in [0.717, 1.165) is 13.0 Å². The van der Waals surface area contributed by atoms with Crippen molar-refractivity contribution in [2.45, 2.75) is 40.2 Å². The van der Waals surface area contributed by atoms with Crippen LogP contribution >= 0.6 is 0 Å². The minimum atomic E-state index is 0.154. The van der Waals surface area contributed by atoms with Gasteiger partial charge in [0, 0.05) is 23.1 Å². The molecule has 0 fully saturated rings. The van der Waals surface area contributed by atoms with E-state index < -0.39 is 0 Å². The minimum Gasteiger partial charge on any atom is -0.508 e. The second-order valence-corrected chi connectivity index (χ2v) is 7.00. The summed E-state index contributed by atoms with van der Waals surface area (Å²) in [6.07, 6.45) is 1.05. The Morgan fingerprint density at radius 2 is 1.58 bits per heavy atom. The summed E-state index contributed by atoms with van der Waals surface area (Å²) in [4.78, 5) is 3.73. The smallest absolute Gasteiger partial charge is 0.115 e. The number of benzene rings is 2. The Morgan fingerprint density at radius 1 is 0.917 bits per heavy atom. The summed E-state index contributed by atoms with van der Waals surface area (Å²) in [7, 11) is 0. The molecule has 0 saturated carbocycles. The molecule has 3 N–H and O–H groups in total. The van der Waals surface area contributed by atoms with Crippen LogP contribution in [0.3, 0.4) is 0 Å². The van der Waals surface area contributed by atoms with Gasteiger partial charge in [0.15, 0.2) is 0 Å². The van der Waals surface area contributed by atoms with Gasteiger partial charge in [0.05, 0.1) is 6.04 Å². The molecule has 3 nitrogen and oxygen atoms in total. The first-order valence-electron chi connectivity index (χ1n) is 8.62. The first-order valence-corrected chi connectivity index (χ1v) is 8.62. The Kier molecular flexibility index (Phi) is 3.43. The summed E-state index contributed by atoms with van der Waals surface area (Å²) in [5.74, 6) is 0.310. The van der Waals surface area contributed by atoms with E-state index in [1.54, 1.807) is 12.1 Å². The molecule has 0 saturated heterocycles. The summed E-state index contributed by atoms with van der Waals surface area (Å²) in [6.45, 7) is 9.88. The third-order valence-electron chi connectivity index (χ3n) is 5.81. The molecule has 0 aliphatic carbocycles. The molecule has 0 bridgehead atoms. The van der Waals surface area contributed by atoms with Gasteiger partial charge in [-0.3, -0.25) is 0 Å². The fourth-order valence-corrected chi connectivity index (χ4v) is 4.09. The minimum absolute atomic E-state index is 0.154. The van der Waals surface area contributed by atoms with Crippen LogP contribution in [0, 0.1) is 27.7 Å². The van der Waals surface area contributed by atoms with E-state index in [1.165, 1.54) is 50.0 Å². The van der Waals surface area contributed by atoms with E-state index >= 15 is 0 Å². The molecule has 0 amide bonds. The van der Waals surface area contributed by atoms with Crippen molar-refractivity contribution in [1.82, 2.24) is 10.3 Å². The van der Waals surface area contributed by atoms with Gasteiger partial charge in [-0.05, 0) is 79.6 Å². The molecule has 0 radical (unpaired) electrons. The standard InChI is InChI=1S/C21H24N2O/c1-11-12(2)14(4)19-18(13(11)3)17-9-10-22-20(21(17)23-19)15-5-7-16(24)8-6-15/h5-8,20,22-24H,9-10H2,1-4H3. The molecule has 124 valence electrons. The summed E-state index contributed by atoms with van der Waals surface area (Å²) in [6, 6.07) is 7.69. The molecule has 1 aliphatic heterocycles. The molecular formula is C21H24N2O. The Bertz CT molecular complexity index is 935. The third kappa shape index (κ3) is 2.08. The fourth-order valence-electron chi connectivity index (χ4n) is 4.09. The third-order valence-corrected chi connectivity index (χ3v) is 5.81. The number of aromatic hydroxyl groups is 1. The fraction of sp³-hybridized carbons (Fsp3) is 0.333. The Labute approximate surface area is 142 Å². The molecule has 1 atom stereocenters. The molecule has 1 aliphatic rings. The average Bonchev–Trinajstić information content (AvgIpc) is 2.98. The van der Waals surface area contributed by atoms with Crippen LogP contribution in [0.5, 0.6) is 5.75 Å². The van der Waals surface area contributed by atoms with Crippen LogP contribution in [0.1, 0.15) is 45.1 Å². The van der Waals surface area contributed by atoms with Crippen LogP contribution in [-0.4, -0.2) is 16.6 Å². The molecule has 3 heteroatoms. The SMILES string of the molecule is Cc1c(C)c(C)c2c3c([nH]c2c1C)C(c1ccc(O)cc1)NCC3. The van der Waals surface area contributed by atoms with Crippen molar-refractivity contribution in [2.24, 2.45) is 0 Å². The van der Waals surface area contributed by atoms with E-state index in [1.807, 2.05) is 12.1 Å². The number of fused-ring (bicyclic) bond motifs is 3. The summed E-state index contributed by atoms with van der Waals surface area (Å²) < 4.78 is 0. The van der Waals surface area contributed by atoms with Gasteiger partial charge in [0.2, 0.25) is 0 Å². The number of rotatable bonds is 1. The van der Waals surface area contributed by atoms with Crippen LogP contribution in [0.15, 0.2) is 24.3 Å². The van der Waals surface area contributed by atoms with Crippen molar-refractivity contribution in [3.05, 3.63) is 63.3 Å². The van der Waals surface area contributed by atoms with Gasteiger partial charge in [-0.15, -0.1) is 0 Å². The zero-order chi connectivity index (χ0) is 17.0. The highest BCUT2D eigenvalue weighted by atomic mass is 16.3. The van der Waals surface area contributed by atoms with Gasteiger partial charge >= 0.3 is 0 Å². The van der Waals surface area contributed by atoms with Crippen molar-refractivity contribution < 1.29 is 5.11 Å². The number of hydrogen-bond donors (Lipinski definition) is 3. The number of hydrogen-bond acceptors (Lipinski definition) is 2. The molecule has 1 aromatic heterocycles. The zero-order valence-corrected chi connectivity index (χ0v) is 14.7. The van der Waals surface area contributed by atoms with Crippen LogP contribution in [0.4, 0.5) is 0 Å². The van der Waals surface area contributed by atoms with E-state index in [0.29, 0.717) is 5.75 Å². The van der Waals surface area contributed by atoms with E-state index in [4.69, 9.17) is 0 Å². The van der Waals surface area contributed by atoms with Crippen LogP contribution < -0.4 is 5.32 Å². The Balaban J connectivity index is 1.97. The highest BCUT2D eigenvalue weighted by Crippen LogP contribution is 2.38. The second kappa shape index (κ2) is 5.38. The van der Waals surface area contributed by atoms with Gasteiger partial charge in [0.25, 0.3) is 0 Å². The zero-order valence-electron chi connectivity index (χ0n) is 14.7. The maximum Gasteiger partial charge on any atom is 0.115 e. The van der Waals surface area contributed by atoms with Crippen molar-refractivity contribution >= 4 is 10.9 Å². The maximum atomic E-state index is 9.57. The van der Waals surface area contributed by atoms with Crippen molar-refractivity contribution in [1.29, 1.82) is 0 Å². The monoisotopic (exact) mass is 320 g/mol. The van der Waals surface area contributed by atoms with Crippen LogP contribution in [-0.2, 0) is 6.42 Å². The lowest BCUT2D eigenvalue weighted by Crippen LogP contribution is -2.30. The summed E-state index contributed by atoms with van der Waals surface area (Å²) in [5.41, 5.74) is 10.7. The predicted molar refractivity (Wildman–Crippen MR) is 98.9 cm³/mol. The predicted octanol–water partition coefficient (Wildman–Crippen LogP) is 4.34. The number of aryl methyl sites for hydroxylation is 2. The Morgan fingerprint density at radius 3 is 2.29 bits per heavy atom. The van der Waals surface area contributed by atoms with E-state index in [-0.39, 0.29) is 6.04 Å². The topological polar surface area (TPSA) is 48.0 Å². The molecule has 2 heterocycles. The van der Waals surface area contributed by atoms with Crippen LogP contribution in [0.2, 0.25) is 0 Å². The number of phenols is 1. The van der Waals surface area contributed by atoms with E-state index in [9.17, 15) is 5.11 Å². The molecule has 2 aromatic carbocycles. The molecule has 4 rings (SSSR count). The normalized spacial score (nSPS) is 17.2. The van der Waals surface area contributed by atoms with Gasteiger partial charge in [0.1, 0.15) is 5.75 Å². The van der Waals surface area contributed by atoms with Gasteiger partial charge in [-0.25, -0.2) is 0 Å². The lowest BCUT2D eigenvalue weighted by molar-refractivity contribution is 0.474. The van der Waals surface area contributed by atoms with E-state index in [2.05, 4.69) is 38.0 Å². The summed E-state index contributed by atoms with van der Waals surface area (Å²) in [5, 5.41) is 14.6. The highest BCUT2D eigenvalue weighted by Gasteiger charge is 2.27. The maximum absolute atomic E-state index is 9.57. The number of aromatic nitrogens is 1. The largest absolute Gasteiger partial charge is 0.508 e. The second-order valence-electron chi connectivity index (χ2n) is 7.00. The molecule has 3 aromatic rings. The highest BCUT2D eigenvalue weighted by molar-refractivity contribution is 5.92. The quantitative estimate of drug-likeness (QED) is 0.624. The van der Waals surface area contributed by atoms with Gasteiger partial charge < -0.3 is 15.4 Å². The lowest BCUT2D eigenvalue weighted by atomic mass is 9.90. The average molecular weight is 320 g/mol. The van der Waals surface area contributed by atoms with Gasteiger partial charge in [-0.1, -0.05) is 12.1 Å². The Hall–Kier alpha value is -2.26. The number of aromatic amines is 1. The number of phenolic OH excluding ortho intramolecular Hbond substituents is 1. The number of nitrogens with one attached hydrogen (secondary N) is 2. The molecule has 24 heavy (non-hydrogen) atoms. The van der Waals surface area contributed by atoms with Crippen molar-refractivity contribution in [3.63, 3.8) is 0 Å². The molecular weight excluding hydrogens is 296 g/mol. The summed E-state index contributed by atoms with van der Waals surface area (Å²) >= 11 is 0. The lowest BCUT2D eigenvalue weighted by Gasteiger charge is -2.25. The number of H-pyrrole nitrogens is 1. The first kappa shape index (κ1) is 15.3. The van der Waals surface area contributed by atoms with Crippen molar-refractivity contribution in [2.75, 3.05) is 6.54 Å². The van der Waals surface area contributed by atoms with Gasteiger partial charge in [-0.2, -0.15) is 0 Å². The van der Waals surface area contributed by atoms with Crippen LogP contribution in [0.25, 0.3) is 10.9 Å². The first-order chi connectivity index (χ1) is 11.5.